The number of hydrazone groups is 1. The van der Waals surface area contributed by atoms with Gasteiger partial charge in [0.25, 0.3) is 11.8 Å². The molecular weight excluding hydrogens is 592 g/mol. The number of hydrogen-bond acceptors (Lipinski definition) is 9. The van der Waals surface area contributed by atoms with Crippen LogP contribution < -0.4 is 31.0 Å². The maximum Gasteiger partial charge on any atom is 0.338 e. The Labute approximate surface area is 258 Å². The second-order valence-corrected chi connectivity index (χ2v) is 10.4. The monoisotopic (exact) mass is 622 g/mol. The largest absolute Gasteiger partial charge is 0.483 e. The van der Waals surface area contributed by atoms with Gasteiger partial charge in [-0.05, 0) is 81.5 Å². The number of ether oxygens (including phenoxy) is 2. The van der Waals surface area contributed by atoms with Crippen molar-refractivity contribution >= 4 is 70.3 Å². The number of para-hydroxylation sites is 1. The summed E-state index contributed by atoms with van der Waals surface area (Å²) >= 11 is 10.5. The van der Waals surface area contributed by atoms with Crippen molar-refractivity contribution in [1.29, 1.82) is 0 Å². The van der Waals surface area contributed by atoms with E-state index in [1.165, 1.54) is 4.90 Å². The standard InChI is InChI=1S/C29H30N6O6S2/c1-5-40-27(39)23-17(4)31-28(42)32-24(23)19-8-6-7-9-21(19)41-14-22(36)34-30-13-20-25(37)33-29(43)35(26(20)38)18-11-10-15(2)16(3)12-18/h6-13,20,24H,5,14H2,1-4H3,(H,34,36)(H2,31,32,42)(H,33,37,43)/t20-,24-/m0/s1. The Hall–Kier alpha value is -4.69. The van der Waals surface area contributed by atoms with Gasteiger partial charge in [0.15, 0.2) is 22.7 Å². The first-order valence-corrected chi connectivity index (χ1v) is 14.1. The lowest BCUT2D eigenvalue weighted by Gasteiger charge is -2.31. The second-order valence-electron chi connectivity index (χ2n) is 9.64. The van der Waals surface area contributed by atoms with E-state index in [1.54, 1.807) is 50.2 Å². The van der Waals surface area contributed by atoms with E-state index in [4.69, 9.17) is 33.9 Å². The molecule has 1 saturated heterocycles. The highest BCUT2D eigenvalue weighted by Crippen LogP contribution is 2.33. The Morgan fingerprint density at radius 1 is 1.07 bits per heavy atom. The number of benzene rings is 2. The van der Waals surface area contributed by atoms with Crippen LogP contribution in [0, 0.1) is 19.8 Å². The Balaban J connectivity index is 1.43. The van der Waals surface area contributed by atoms with Gasteiger partial charge >= 0.3 is 5.97 Å². The van der Waals surface area contributed by atoms with Gasteiger partial charge < -0.3 is 25.4 Å². The fourth-order valence-electron chi connectivity index (χ4n) is 4.45. The van der Waals surface area contributed by atoms with Crippen molar-refractivity contribution in [3.05, 3.63) is 70.4 Å². The molecule has 0 radical (unpaired) electrons. The highest BCUT2D eigenvalue weighted by molar-refractivity contribution is 7.80. The minimum absolute atomic E-state index is 0.0424. The zero-order valence-corrected chi connectivity index (χ0v) is 25.5. The van der Waals surface area contributed by atoms with Crippen molar-refractivity contribution in [2.24, 2.45) is 11.0 Å². The van der Waals surface area contributed by atoms with Crippen LogP contribution in [0.2, 0.25) is 0 Å². The van der Waals surface area contributed by atoms with Gasteiger partial charge in [-0.15, -0.1) is 0 Å². The summed E-state index contributed by atoms with van der Waals surface area (Å²) < 4.78 is 11.0. The summed E-state index contributed by atoms with van der Waals surface area (Å²) in [5.41, 5.74) is 6.18. The van der Waals surface area contributed by atoms with Crippen LogP contribution in [-0.4, -0.2) is 53.3 Å². The van der Waals surface area contributed by atoms with Crippen molar-refractivity contribution in [1.82, 2.24) is 21.4 Å². The highest BCUT2D eigenvalue weighted by Gasteiger charge is 2.38. The van der Waals surface area contributed by atoms with Crippen LogP contribution in [0.3, 0.4) is 0 Å². The normalized spacial score (nSPS) is 18.7. The predicted molar refractivity (Wildman–Crippen MR) is 167 cm³/mol. The number of rotatable bonds is 9. The highest BCUT2D eigenvalue weighted by atomic mass is 32.1. The second kappa shape index (κ2) is 13.5. The van der Waals surface area contributed by atoms with Crippen LogP contribution in [0.25, 0.3) is 0 Å². The number of carbonyl (C=O) groups is 4. The van der Waals surface area contributed by atoms with Crippen LogP contribution in [0.4, 0.5) is 5.69 Å². The average Bonchev–Trinajstić information content (AvgIpc) is 2.95. The number of thiocarbonyl (C=S) groups is 2. The van der Waals surface area contributed by atoms with Gasteiger partial charge in [0.1, 0.15) is 5.75 Å². The third kappa shape index (κ3) is 7.04. The summed E-state index contributed by atoms with van der Waals surface area (Å²) in [4.78, 5) is 52.2. The fraction of sp³-hybridized carbons (Fsp3) is 0.276. The SMILES string of the molecule is CCOC(=O)C1=C(C)NC(=S)N[C@H]1c1ccccc1OCC(=O)NN=C[C@H]1C(=O)NC(=S)N(c2ccc(C)c(C)c2)C1=O. The smallest absolute Gasteiger partial charge is 0.338 e. The van der Waals surface area contributed by atoms with Gasteiger partial charge in [0.2, 0.25) is 5.91 Å². The number of esters is 1. The number of nitrogens with zero attached hydrogens (tertiary/aromatic N) is 2. The van der Waals surface area contributed by atoms with Crippen molar-refractivity contribution in [2.45, 2.75) is 33.7 Å². The zero-order chi connectivity index (χ0) is 31.3. The maximum atomic E-state index is 13.2. The van der Waals surface area contributed by atoms with Gasteiger partial charge in [0.05, 0.1) is 23.9 Å². The third-order valence-corrected chi connectivity index (χ3v) is 7.22. The van der Waals surface area contributed by atoms with Gasteiger partial charge in [-0.2, -0.15) is 5.10 Å². The third-order valence-electron chi connectivity index (χ3n) is 6.72. The lowest BCUT2D eigenvalue weighted by atomic mass is 9.95. The topological polar surface area (TPSA) is 150 Å². The van der Waals surface area contributed by atoms with Gasteiger partial charge in [-0.1, -0.05) is 24.3 Å². The molecule has 14 heteroatoms. The Morgan fingerprint density at radius 3 is 2.53 bits per heavy atom. The Kier molecular flexibility index (Phi) is 9.83. The minimum Gasteiger partial charge on any atom is -0.483 e. The molecule has 3 amide bonds. The number of allylic oxidation sites excluding steroid dienone is 1. The number of hydrogen-bond donors (Lipinski definition) is 4. The van der Waals surface area contributed by atoms with Gasteiger partial charge in [-0.25, -0.2) is 10.2 Å². The molecule has 0 aliphatic carbocycles. The summed E-state index contributed by atoms with van der Waals surface area (Å²) in [5, 5.41) is 12.6. The lowest BCUT2D eigenvalue weighted by Crippen LogP contribution is -2.58. The molecule has 0 unspecified atom stereocenters. The van der Waals surface area contributed by atoms with Crippen LogP contribution in [0.1, 0.15) is 36.6 Å². The first-order valence-electron chi connectivity index (χ1n) is 13.3. The predicted octanol–water partition coefficient (Wildman–Crippen LogP) is 2.20. The molecule has 0 bridgehead atoms. The Morgan fingerprint density at radius 2 is 1.81 bits per heavy atom. The summed E-state index contributed by atoms with van der Waals surface area (Å²) in [6, 6.07) is 11.5. The number of nitrogens with one attached hydrogen (secondary N) is 4. The van der Waals surface area contributed by atoms with E-state index in [0.29, 0.717) is 33.4 Å². The van der Waals surface area contributed by atoms with E-state index in [9.17, 15) is 19.2 Å². The number of carbonyl (C=O) groups excluding carboxylic acids is 4. The number of aryl methyl sites for hydroxylation is 2. The van der Waals surface area contributed by atoms with Gasteiger partial charge in [-0.3, -0.25) is 19.3 Å². The van der Waals surface area contributed by atoms with Crippen molar-refractivity contribution in [3.63, 3.8) is 0 Å². The number of anilines is 1. The van der Waals surface area contributed by atoms with E-state index < -0.39 is 42.3 Å². The van der Waals surface area contributed by atoms with Crippen molar-refractivity contribution in [2.75, 3.05) is 18.1 Å². The molecule has 2 aliphatic rings. The van der Waals surface area contributed by atoms with E-state index in [-0.39, 0.29) is 11.7 Å². The summed E-state index contributed by atoms with van der Waals surface area (Å²) in [6.45, 7) is 7.00. The Bertz CT molecular complexity index is 1570. The van der Waals surface area contributed by atoms with Crippen LogP contribution >= 0.6 is 24.4 Å². The summed E-state index contributed by atoms with van der Waals surface area (Å²) in [6.07, 6.45) is 1.04. The molecule has 224 valence electrons. The molecule has 2 aliphatic heterocycles. The van der Waals surface area contributed by atoms with Crippen molar-refractivity contribution < 1.29 is 28.7 Å². The molecule has 12 nitrogen and oxygen atoms in total. The fourth-order valence-corrected chi connectivity index (χ4v) is 5.01. The van der Waals surface area contributed by atoms with E-state index in [0.717, 1.165) is 17.3 Å². The molecule has 1 fully saturated rings. The quantitative estimate of drug-likeness (QED) is 0.108. The molecule has 4 rings (SSSR count). The van der Waals surface area contributed by atoms with E-state index in [2.05, 4.69) is 26.5 Å². The molecule has 43 heavy (non-hydrogen) atoms. The molecule has 2 atom stereocenters. The van der Waals surface area contributed by atoms with Crippen molar-refractivity contribution in [3.8, 4) is 5.75 Å². The molecule has 4 N–H and O–H groups in total. The van der Waals surface area contributed by atoms with Crippen LogP contribution in [0.15, 0.2) is 58.8 Å². The zero-order valence-electron chi connectivity index (χ0n) is 23.8. The summed E-state index contributed by atoms with van der Waals surface area (Å²) in [5.74, 6) is -3.44. The molecule has 0 aromatic heterocycles. The average molecular weight is 623 g/mol. The molecule has 2 heterocycles. The molecule has 2 aromatic carbocycles. The first-order chi connectivity index (χ1) is 20.5. The molecule has 0 spiro atoms. The maximum absolute atomic E-state index is 13.2. The van der Waals surface area contributed by atoms with E-state index in [1.807, 2.05) is 19.9 Å². The minimum atomic E-state index is -1.32. The number of amides is 3. The summed E-state index contributed by atoms with van der Waals surface area (Å²) in [7, 11) is 0. The molecular formula is C29H30N6O6S2. The van der Waals surface area contributed by atoms with Gasteiger partial charge in [0, 0.05) is 17.5 Å². The first kappa shape index (κ1) is 31.3. The van der Waals surface area contributed by atoms with E-state index >= 15 is 0 Å². The van der Waals surface area contributed by atoms with Crippen LogP contribution in [-0.2, 0) is 23.9 Å². The molecule has 2 aromatic rings. The molecule has 0 saturated carbocycles. The lowest BCUT2D eigenvalue weighted by molar-refractivity contribution is -0.139. The van der Waals surface area contributed by atoms with Crippen LogP contribution in [0.5, 0.6) is 5.75 Å².